The maximum absolute atomic E-state index is 11.1. The highest BCUT2D eigenvalue weighted by atomic mass is 16.5. The Bertz CT molecular complexity index is 154. The summed E-state index contributed by atoms with van der Waals surface area (Å²) in [5.41, 5.74) is 0. The quantitative estimate of drug-likeness (QED) is 0.613. The molecule has 3 atom stereocenters. The monoisotopic (exact) mass is 190 g/mol. The van der Waals surface area contributed by atoms with Crippen LogP contribution >= 0.6 is 0 Å². The van der Waals surface area contributed by atoms with E-state index >= 15 is 0 Å². The molecular weight excluding hydrogens is 172 g/mol. The van der Waals surface area contributed by atoms with Crippen molar-refractivity contribution in [3.05, 3.63) is 0 Å². The summed E-state index contributed by atoms with van der Waals surface area (Å²) in [5.74, 6) is -0.694. The summed E-state index contributed by atoms with van der Waals surface area (Å²) in [6, 6.07) is 0. The van der Waals surface area contributed by atoms with Crippen LogP contribution in [0.4, 0.5) is 0 Å². The van der Waals surface area contributed by atoms with Crippen molar-refractivity contribution in [2.24, 2.45) is 5.92 Å². The van der Waals surface area contributed by atoms with E-state index < -0.39 is 12.2 Å². The van der Waals surface area contributed by atoms with Gasteiger partial charge in [-0.1, -0.05) is 6.92 Å². The second kappa shape index (κ2) is 5.94. The molecule has 0 radical (unpaired) electrons. The van der Waals surface area contributed by atoms with Crippen molar-refractivity contribution in [3.8, 4) is 0 Å². The summed E-state index contributed by atoms with van der Waals surface area (Å²) in [6.45, 7) is 4.88. The molecule has 4 nitrogen and oxygen atoms in total. The van der Waals surface area contributed by atoms with Gasteiger partial charge in [-0.05, 0) is 20.3 Å². The van der Waals surface area contributed by atoms with Gasteiger partial charge in [0.1, 0.15) is 6.61 Å². The first-order valence-corrected chi connectivity index (χ1v) is 4.46. The maximum Gasteiger partial charge on any atom is 0.308 e. The molecular formula is C9H18O4. The van der Waals surface area contributed by atoms with Crippen LogP contribution in [-0.4, -0.2) is 35.0 Å². The van der Waals surface area contributed by atoms with Crippen LogP contribution in [0.5, 0.6) is 0 Å². The molecule has 0 aromatic rings. The van der Waals surface area contributed by atoms with Gasteiger partial charge in [-0.15, -0.1) is 0 Å². The topological polar surface area (TPSA) is 66.8 Å². The molecule has 0 aliphatic heterocycles. The maximum atomic E-state index is 11.1. The van der Waals surface area contributed by atoms with E-state index in [0.29, 0.717) is 6.42 Å². The van der Waals surface area contributed by atoms with E-state index in [0.717, 1.165) is 0 Å². The molecule has 78 valence electrons. The molecule has 0 bridgehead atoms. The molecule has 0 aliphatic carbocycles. The fourth-order valence-electron chi connectivity index (χ4n) is 0.953. The van der Waals surface area contributed by atoms with Gasteiger partial charge in [0.2, 0.25) is 0 Å². The van der Waals surface area contributed by atoms with E-state index in [1.54, 1.807) is 20.8 Å². The molecule has 4 heteroatoms. The van der Waals surface area contributed by atoms with Crippen molar-refractivity contribution in [2.75, 3.05) is 6.61 Å². The predicted molar refractivity (Wildman–Crippen MR) is 48.1 cm³/mol. The highest BCUT2D eigenvalue weighted by molar-refractivity contribution is 5.71. The van der Waals surface area contributed by atoms with Crippen LogP contribution < -0.4 is 0 Å². The molecule has 0 aromatic heterocycles. The molecule has 3 unspecified atom stereocenters. The van der Waals surface area contributed by atoms with E-state index in [1.807, 2.05) is 0 Å². The number of carbonyl (C=O) groups is 1. The van der Waals surface area contributed by atoms with E-state index in [2.05, 4.69) is 0 Å². The van der Waals surface area contributed by atoms with Crippen molar-refractivity contribution in [1.29, 1.82) is 0 Å². The van der Waals surface area contributed by atoms with Gasteiger partial charge in [0.15, 0.2) is 0 Å². The SMILES string of the molecule is CC(O)COC(=O)C(C)CC(C)O. The summed E-state index contributed by atoms with van der Waals surface area (Å²) in [7, 11) is 0. The Labute approximate surface area is 78.5 Å². The van der Waals surface area contributed by atoms with Crippen molar-refractivity contribution in [2.45, 2.75) is 39.4 Å². The molecule has 0 saturated carbocycles. The minimum absolute atomic E-state index is 0.0168. The van der Waals surface area contributed by atoms with E-state index in [1.165, 1.54) is 0 Å². The van der Waals surface area contributed by atoms with Gasteiger partial charge in [-0.3, -0.25) is 4.79 Å². The number of ether oxygens (including phenoxy) is 1. The lowest BCUT2D eigenvalue weighted by Gasteiger charge is -2.13. The Morgan fingerprint density at radius 2 is 1.77 bits per heavy atom. The zero-order chi connectivity index (χ0) is 10.4. The van der Waals surface area contributed by atoms with Crippen molar-refractivity contribution < 1.29 is 19.7 Å². The van der Waals surface area contributed by atoms with Crippen molar-refractivity contribution in [1.82, 2.24) is 0 Å². The first-order valence-electron chi connectivity index (χ1n) is 4.46. The van der Waals surface area contributed by atoms with Crippen LogP contribution in [0.3, 0.4) is 0 Å². The van der Waals surface area contributed by atoms with Gasteiger partial charge in [-0.25, -0.2) is 0 Å². The molecule has 0 amide bonds. The predicted octanol–water partition coefficient (Wildman–Crippen LogP) is 0.317. The lowest BCUT2D eigenvalue weighted by atomic mass is 10.1. The number of aliphatic hydroxyl groups is 2. The van der Waals surface area contributed by atoms with Gasteiger partial charge >= 0.3 is 5.97 Å². The molecule has 0 rings (SSSR count). The second-order valence-electron chi connectivity index (χ2n) is 3.46. The largest absolute Gasteiger partial charge is 0.463 e. The van der Waals surface area contributed by atoms with E-state index in [9.17, 15) is 4.79 Å². The molecule has 13 heavy (non-hydrogen) atoms. The van der Waals surface area contributed by atoms with Crippen LogP contribution in [-0.2, 0) is 9.53 Å². The van der Waals surface area contributed by atoms with Gasteiger partial charge < -0.3 is 14.9 Å². The molecule has 2 N–H and O–H groups in total. The Kier molecular flexibility index (Phi) is 5.66. The number of carbonyl (C=O) groups excluding carboxylic acids is 1. The smallest absolute Gasteiger partial charge is 0.308 e. The number of rotatable bonds is 5. The molecule has 0 spiro atoms. The van der Waals surface area contributed by atoms with Crippen LogP contribution in [0.2, 0.25) is 0 Å². The first kappa shape index (κ1) is 12.4. The van der Waals surface area contributed by atoms with Crippen molar-refractivity contribution >= 4 is 5.97 Å². The number of hydrogen-bond donors (Lipinski definition) is 2. The number of aliphatic hydroxyl groups excluding tert-OH is 2. The van der Waals surface area contributed by atoms with Crippen LogP contribution in [0.25, 0.3) is 0 Å². The van der Waals surface area contributed by atoms with E-state index in [4.69, 9.17) is 14.9 Å². The van der Waals surface area contributed by atoms with E-state index in [-0.39, 0.29) is 18.5 Å². The third-order valence-corrected chi connectivity index (χ3v) is 1.56. The molecule has 0 heterocycles. The number of esters is 1. The zero-order valence-electron chi connectivity index (χ0n) is 8.36. The Morgan fingerprint density at radius 1 is 1.23 bits per heavy atom. The minimum Gasteiger partial charge on any atom is -0.463 e. The average Bonchev–Trinajstić information content (AvgIpc) is 1.98. The fraction of sp³-hybridized carbons (Fsp3) is 0.889. The Morgan fingerprint density at radius 3 is 2.15 bits per heavy atom. The molecule has 0 saturated heterocycles. The van der Waals surface area contributed by atoms with Gasteiger partial charge in [0.05, 0.1) is 18.1 Å². The zero-order valence-corrected chi connectivity index (χ0v) is 8.36. The van der Waals surface area contributed by atoms with Crippen LogP contribution in [0, 0.1) is 5.92 Å². The second-order valence-corrected chi connectivity index (χ2v) is 3.46. The summed E-state index contributed by atoms with van der Waals surface area (Å²) >= 11 is 0. The number of hydrogen-bond acceptors (Lipinski definition) is 4. The Hall–Kier alpha value is -0.610. The van der Waals surface area contributed by atoms with Gasteiger partial charge in [-0.2, -0.15) is 0 Å². The minimum atomic E-state index is -0.636. The molecule has 0 fully saturated rings. The highest BCUT2D eigenvalue weighted by Crippen LogP contribution is 2.07. The fourth-order valence-corrected chi connectivity index (χ4v) is 0.953. The summed E-state index contributed by atoms with van der Waals surface area (Å²) in [6.07, 6.45) is -0.754. The first-order chi connectivity index (χ1) is 5.93. The van der Waals surface area contributed by atoms with Crippen molar-refractivity contribution in [3.63, 3.8) is 0 Å². The van der Waals surface area contributed by atoms with Gasteiger partial charge in [0.25, 0.3) is 0 Å². The lowest BCUT2D eigenvalue weighted by Crippen LogP contribution is -2.22. The van der Waals surface area contributed by atoms with Gasteiger partial charge in [0, 0.05) is 0 Å². The normalized spacial score (nSPS) is 17.6. The summed E-state index contributed by atoms with van der Waals surface area (Å²) in [5, 5.41) is 17.8. The van der Waals surface area contributed by atoms with Crippen LogP contribution in [0.1, 0.15) is 27.2 Å². The molecule has 0 aliphatic rings. The third kappa shape index (κ3) is 6.54. The summed E-state index contributed by atoms with van der Waals surface area (Å²) < 4.78 is 4.77. The average molecular weight is 190 g/mol. The molecule has 0 aromatic carbocycles. The highest BCUT2D eigenvalue weighted by Gasteiger charge is 2.16. The lowest BCUT2D eigenvalue weighted by molar-refractivity contribution is -0.151. The third-order valence-electron chi connectivity index (χ3n) is 1.56. The summed E-state index contributed by atoms with van der Waals surface area (Å²) in [4.78, 5) is 11.1. The standard InChI is InChI=1S/C9H18O4/c1-6(4-7(2)10)9(12)13-5-8(3)11/h6-8,10-11H,4-5H2,1-3H3. The Balaban J connectivity index is 3.69. The van der Waals surface area contributed by atoms with Crippen LogP contribution in [0.15, 0.2) is 0 Å².